The molecule has 2 atom stereocenters. The molecule has 2 aliphatic rings. The van der Waals surface area contributed by atoms with E-state index in [1.54, 1.807) is 42.5 Å². The maximum Gasteiger partial charge on any atom is 0.339 e. The third-order valence-electron chi connectivity index (χ3n) is 7.83. The number of pyridine rings is 1. The molecule has 1 fully saturated rings. The van der Waals surface area contributed by atoms with Crippen molar-refractivity contribution in [3.05, 3.63) is 112 Å². The molecule has 1 saturated heterocycles. The largest absolute Gasteiger partial charge is 0.454 e. The normalized spacial score (nSPS) is 17.7. The van der Waals surface area contributed by atoms with Crippen LogP contribution in [0.5, 0.6) is 0 Å². The van der Waals surface area contributed by atoms with E-state index in [4.69, 9.17) is 9.72 Å². The van der Waals surface area contributed by atoms with Gasteiger partial charge in [0.1, 0.15) is 0 Å². The molecule has 43 heavy (non-hydrogen) atoms. The summed E-state index contributed by atoms with van der Waals surface area (Å²) in [6.07, 6.45) is 5.00. The number of benzene rings is 3. The summed E-state index contributed by atoms with van der Waals surface area (Å²) in [5.41, 5.74) is 3.02. The fourth-order valence-electron chi connectivity index (χ4n) is 5.58. The number of esters is 1. The van der Waals surface area contributed by atoms with E-state index in [0.29, 0.717) is 40.7 Å². The zero-order chi connectivity index (χ0) is 30.2. The molecule has 2 heterocycles. The highest BCUT2D eigenvalue weighted by atomic mass is 16.6. The van der Waals surface area contributed by atoms with E-state index in [0.717, 1.165) is 11.6 Å². The maximum absolute atomic E-state index is 13.3. The number of fused-ring (bicyclic) bond motifs is 2. The Morgan fingerprint density at radius 1 is 0.953 bits per heavy atom. The van der Waals surface area contributed by atoms with Crippen molar-refractivity contribution in [3.8, 4) is 11.3 Å². The van der Waals surface area contributed by atoms with Gasteiger partial charge in [-0.05, 0) is 50.1 Å². The number of Topliss-reactive ketones (excluding diaryl/α,β-unsaturated/α-hetero) is 1. The Hall–Kier alpha value is -5.51. The summed E-state index contributed by atoms with van der Waals surface area (Å²) in [5, 5.41) is 11.6. The van der Waals surface area contributed by atoms with Crippen LogP contribution in [-0.2, 0) is 14.3 Å². The predicted octanol–water partition coefficient (Wildman–Crippen LogP) is 5.61. The van der Waals surface area contributed by atoms with E-state index in [9.17, 15) is 29.3 Å². The number of imide groups is 1. The predicted molar refractivity (Wildman–Crippen MR) is 157 cm³/mol. The Kier molecular flexibility index (Phi) is 7.11. The third-order valence-corrected chi connectivity index (χ3v) is 7.83. The maximum atomic E-state index is 13.3. The van der Waals surface area contributed by atoms with E-state index >= 15 is 0 Å². The van der Waals surface area contributed by atoms with Crippen LogP contribution in [0.1, 0.15) is 39.1 Å². The van der Waals surface area contributed by atoms with Gasteiger partial charge in [0.2, 0.25) is 17.6 Å². The molecular weight excluding hydrogens is 550 g/mol. The number of non-ortho nitro benzene ring substituents is 1. The standard InChI is InChI=1S/C33H25N3O7/c1-19-9-14-28-26(15-19)27(33(40)43-18-30(37)21-5-4-6-23(16-21)36(41)42)17-29(34-28)20-10-12-22(13-11-20)35-31(38)24-7-2-3-8-25(24)32(35)39/h2-6,9-17,24-25H,7-8,18H2,1H3/t24-,25+. The van der Waals surface area contributed by atoms with Gasteiger partial charge in [0.15, 0.2) is 6.61 Å². The first kappa shape index (κ1) is 27.6. The molecule has 214 valence electrons. The molecule has 1 aromatic heterocycles. The molecule has 10 heteroatoms. The summed E-state index contributed by atoms with van der Waals surface area (Å²) in [4.78, 5) is 68.4. The number of hydrogen-bond donors (Lipinski definition) is 0. The number of amides is 2. The molecule has 3 aromatic carbocycles. The molecule has 0 spiro atoms. The van der Waals surface area contributed by atoms with E-state index in [1.807, 2.05) is 25.1 Å². The molecule has 0 bridgehead atoms. The number of rotatable bonds is 7. The third kappa shape index (κ3) is 5.19. The fraction of sp³-hybridized carbons (Fsp3) is 0.182. The molecule has 6 rings (SSSR count). The Morgan fingerprint density at radius 3 is 2.33 bits per heavy atom. The second kappa shape index (κ2) is 11.1. The van der Waals surface area contributed by atoms with Crippen LogP contribution in [0.15, 0.2) is 84.9 Å². The van der Waals surface area contributed by atoms with Crippen LogP contribution >= 0.6 is 0 Å². The molecule has 1 aliphatic heterocycles. The average molecular weight is 576 g/mol. The Balaban J connectivity index is 1.27. The Morgan fingerprint density at radius 2 is 1.65 bits per heavy atom. The zero-order valence-corrected chi connectivity index (χ0v) is 23.1. The lowest BCUT2D eigenvalue weighted by Crippen LogP contribution is -2.30. The van der Waals surface area contributed by atoms with Gasteiger partial charge in [-0.15, -0.1) is 0 Å². The first-order valence-electron chi connectivity index (χ1n) is 13.7. The number of aromatic nitrogens is 1. The monoisotopic (exact) mass is 575 g/mol. The zero-order valence-electron chi connectivity index (χ0n) is 23.1. The molecular formula is C33H25N3O7. The molecule has 2 amide bonds. The second-order valence-corrected chi connectivity index (χ2v) is 10.6. The smallest absolute Gasteiger partial charge is 0.339 e. The number of ketones is 1. The first-order valence-corrected chi connectivity index (χ1v) is 13.7. The average Bonchev–Trinajstić information content (AvgIpc) is 3.28. The van der Waals surface area contributed by atoms with Gasteiger partial charge in [-0.2, -0.15) is 0 Å². The first-order chi connectivity index (χ1) is 20.7. The van der Waals surface area contributed by atoms with E-state index < -0.39 is 23.3 Å². The van der Waals surface area contributed by atoms with E-state index in [-0.39, 0.29) is 40.5 Å². The molecule has 1 aliphatic carbocycles. The van der Waals surface area contributed by atoms with Gasteiger partial charge in [-0.3, -0.25) is 29.4 Å². The van der Waals surface area contributed by atoms with Gasteiger partial charge in [-0.25, -0.2) is 9.78 Å². The lowest BCUT2D eigenvalue weighted by Gasteiger charge is -2.15. The Bertz CT molecular complexity index is 1840. The SMILES string of the molecule is Cc1ccc2nc(-c3ccc(N4C(=O)[C@H]5CC=CC[C@H]5C4=O)cc3)cc(C(=O)OCC(=O)c3cccc([N+](=O)[O-])c3)c2c1. The van der Waals surface area contributed by atoms with Gasteiger partial charge < -0.3 is 4.74 Å². The molecule has 0 saturated carbocycles. The molecule has 4 aromatic rings. The summed E-state index contributed by atoms with van der Waals surface area (Å²) in [7, 11) is 0. The Labute approximate surface area is 245 Å². The second-order valence-electron chi connectivity index (χ2n) is 10.6. The summed E-state index contributed by atoms with van der Waals surface area (Å²) in [5.74, 6) is -2.39. The number of nitro benzene ring substituents is 1. The van der Waals surface area contributed by atoms with Crippen molar-refractivity contribution in [2.75, 3.05) is 11.5 Å². The van der Waals surface area contributed by atoms with Gasteiger partial charge in [0, 0.05) is 28.6 Å². The van der Waals surface area contributed by atoms with Crippen LogP contribution < -0.4 is 4.90 Å². The van der Waals surface area contributed by atoms with Gasteiger partial charge in [0.05, 0.1) is 39.2 Å². The summed E-state index contributed by atoms with van der Waals surface area (Å²) >= 11 is 0. The summed E-state index contributed by atoms with van der Waals surface area (Å²) < 4.78 is 5.37. The number of carbonyl (C=O) groups excluding carboxylic acids is 4. The minimum atomic E-state index is -0.751. The minimum Gasteiger partial charge on any atom is -0.454 e. The van der Waals surface area contributed by atoms with Crippen LogP contribution in [0.4, 0.5) is 11.4 Å². The topological polar surface area (TPSA) is 137 Å². The van der Waals surface area contributed by atoms with Gasteiger partial charge >= 0.3 is 5.97 Å². The van der Waals surface area contributed by atoms with Crippen LogP contribution in [0.2, 0.25) is 0 Å². The van der Waals surface area contributed by atoms with Crippen molar-refractivity contribution in [3.63, 3.8) is 0 Å². The summed E-state index contributed by atoms with van der Waals surface area (Å²) in [6.45, 7) is 1.27. The minimum absolute atomic E-state index is 0.0590. The molecule has 10 nitrogen and oxygen atoms in total. The summed E-state index contributed by atoms with van der Waals surface area (Å²) in [6, 6.07) is 19.1. The number of nitro groups is 1. The quantitative estimate of drug-likeness (QED) is 0.0692. The number of nitrogens with zero attached hydrogens (tertiary/aromatic N) is 3. The van der Waals surface area contributed by atoms with Crippen LogP contribution in [0.3, 0.4) is 0 Å². The molecule has 0 radical (unpaired) electrons. The van der Waals surface area contributed by atoms with E-state index in [2.05, 4.69) is 0 Å². The highest BCUT2D eigenvalue weighted by molar-refractivity contribution is 6.22. The number of carbonyl (C=O) groups is 4. The van der Waals surface area contributed by atoms with Crippen molar-refractivity contribution < 1.29 is 28.8 Å². The van der Waals surface area contributed by atoms with Gasteiger partial charge in [-0.1, -0.05) is 48.0 Å². The van der Waals surface area contributed by atoms with Crippen molar-refractivity contribution in [2.45, 2.75) is 19.8 Å². The highest BCUT2D eigenvalue weighted by Crippen LogP contribution is 2.38. The van der Waals surface area contributed by atoms with E-state index in [1.165, 1.54) is 23.1 Å². The number of ether oxygens (including phenoxy) is 1. The van der Waals surface area contributed by atoms with Crippen molar-refractivity contribution in [1.82, 2.24) is 4.98 Å². The number of anilines is 1. The van der Waals surface area contributed by atoms with Crippen molar-refractivity contribution in [1.29, 1.82) is 0 Å². The molecule has 0 N–H and O–H groups in total. The molecule has 0 unspecified atom stereocenters. The van der Waals surface area contributed by atoms with Gasteiger partial charge in [0.25, 0.3) is 5.69 Å². The van der Waals surface area contributed by atoms with Crippen molar-refractivity contribution in [2.24, 2.45) is 11.8 Å². The number of hydrogen-bond acceptors (Lipinski definition) is 8. The number of allylic oxidation sites excluding steroid dienone is 2. The number of aryl methyl sites for hydroxylation is 1. The lowest BCUT2D eigenvalue weighted by molar-refractivity contribution is -0.384. The lowest BCUT2D eigenvalue weighted by atomic mass is 9.85. The van der Waals surface area contributed by atoms with Crippen LogP contribution in [-0.4, -0.2) is 40.1 Å². The fourth-order valence-corrected chi connectivity index (χ4v) is 5.58. The van der Waals surface area contributed by atoms with Crippen molar-refractivity contribution >= 4 is 45.8 Å². The highest BCUT2D eigenvalue weighted by Gasteiger charge is 2.47. The van der Waals surface area contributed by atoms with Crippen LogP contribution in [0.25, 0.3) is 22.2 Å². The van der Waals surface area contributed by atoms with Crippen LogP contribution in [0, 0.1) is 28.9 Å².